The molecule has 3 heteroatoms. The van der Waals surface area contributed by atoms with Gasteiger partial charge in [0.05, 0.1) is 19.8 Å². The standard InChI is InChI=1S/C6H12O2S/c1-2-3-8-5-6(9)4-7/h2,6-7,9H,1,3-5H2. The van der Waals surface area contributed by atoms with Gasteiger partial charge in [0, 0.05) is 5.25 Å². The molecule has 1 unspecified atom stereocenters. The number of ether oxygens (including phenoxy) is 1. The number of hydrogen-bond acceptors (Lipinski definition) is 3. The molecule has 54 valence electrons. The van der Waals surface area contributed by atoms with E-state index in [9.17, 15) is 0 Å². The smallest absolute Gasteiger partial charge is 0.0645 e. The Kier molecular flexibility index (Phi) is 6.14. The third-order valence-electron chi connectivity index (χ3n) is 0.757. The summed E-state index contributed by atoms with van der Waals surface area (Å²) < 4.78 is 4.98. The number of aliphatic hydroxyl groups excluding tert-OH is 1. The van der Waals surface area contributed by atoms with Gasteiger partial charge >= 0.3 is 0 Å². The molecule has 0 spiro atoms. The van der Waals surface area contributed by atoms with E-state index in [4.69, 9.17) is 9.84 Å². The lowest BCUT2D eigenvalue weighted by molar-refractivity contribution is 0.144. The highest BCUT2D eigenvalue weighted by molar-refractivity contribution is 7.81. The molecule has 0 heterocycles. The minimum atomic E-state index is -0.0649. The molecule has 1 atom stereocenters. The normalized spacial score (nSPS) is 13.1. The Bertz CT molecular complexity index is 75.5. The van der Waals surface area contributed by atoms with Gasteiger partial charge in [0.2, 0.25) is 0 Å². The van der Waals surface area contributed by atoms with Crippen molar-refractivity contribution in [3.8, 4) is 0 Å². The van der Waals surface area contributed by atoms with Crippen LogP contribution in [0.1, 0.15) is 0 Å². The van der Waals surface area contributed by atoms with Gasteiger partial charge in [-0.1, -0.05) is 6.08 Å². The maximum absolute atomic E-state index is 8.45. The summed E-state index contributed by atoms with van der Waals surface area (Å²) in [5.74, 6) is 0. The van der Waals surface area contributed by atoms with Crippen LogP contribution in [0.4, 0.5) is 0 Å². The van der Waals surface area contributed by atoms with Crippen LogP contribution in [0.25, 0.3) is 0 Å². The van der Waals surface area contributed by atoms with Gasteiger partial charge in [-0.3, -0.25) is 0 Å². The summed E-state index contributed by atoms with van der Waals surface area (Å²) in [4.78, 5) is 0. The van der Waals surface area contributed by atoms with E-state index in [1.165, 1.54) is 0 Å². The van der Waals surface area contributed by atoms with E-state index < -0.39 is 0 Å². The van der Waals surface area contributed by atoms with Gasteiger partial charge in [-0.25, -0.2) is 0 Å². The first kappa shape index (κ1) is 9.01. The van der Waals surface area contributed by atoms with Crippen LogP contribution in [0.3, 0.4) is 0 Å². The van der Waals surface area contributed by atoms with Crippen molar-refractivity contribution >= 4 is 12.6 Å². The van der Waals surface area contributed by atoms with Crippen molar-refractivity contribution in [2.75, 3.05) is 19.8 Å². The van der Waals surface area contributed by atoms with E-state index >= 15 is 0 Å². The zero-order valence-corrected chi connectivity index (χ0v) is 6.18. The molecule has 0 aromatic heterocycles. The third-order valence-corrected chi connectivity index (χ3v) is 1.07. The van der Waals surface area contributed by atoms with Gasteiger partial charge < -0.3 is 9.84 Å². The SMILES string of the molecule is C=CCOCC(S)CO. The van der Waals surface area contributed by atoms with Crippen molar-refractivity contribution in [1.29, 1.82) is 0 Å². The molecule has 0 aromatic rings. The first-order valence-electron chi connectivity index (χ1n) is 2.78. The minimum absolute atomic E-state index is 0.0558. The highest BCUT2D eigenvalue weighted by atomic mass is 32.1. The predicted molar refractivity (Wildman–Crippen MR) is 40.9 cm³/mol. The Hall–Kier alpha value is 0.01000. The topological polar surface area (TPSA) is 29.5 Å². The third kappa shape index (κ3) is 5.89. The summed E-state index contributed by atoms with van der Waals surface area (Å²) in [6, 6.07) is 0. The molecule has 0 radical (unpaired) electrons. The van der Waals surface area contributed by atoms with Gasteiger partial charge in [0.25, 0.3) is 0 Å². The first-order chi connectivity index (χ1) is 4.31. The monoisotopic (exact) mass is 148 g/mol. The summed E-state index contributed by atoms with van der Waals surface area (Å²) in [6.07, 6.45) is 1.66. The van der Waals surface area contributed by atoms with Crippen molar-refractivity contribution in [3.63, 3.8) is 0 Å². The largest absolute Gasteiger partial charge is 0.395 e. The van der Waals surface area contributed by atoms with Crippen LogP contribution in [-0.2, 0) is 4.74 Å². The fourth-order valence-corrected chi connectivity index (χ4v) is 0.446. The summed E-state index contributed by atoms with van der Waals surface area (Å²) in [5.41, 5.74) is 0. The molecule has 0 bridgehead atoms. The molecular weight excluding hydrogens is 136 g/mol. The Balaban J connectivity index is 2.96. The van der Waals surface area contributed by atoms with E-state index in [2.05, 4.69) is 19.2 Å². The molecule has 2 nitrogen and oxygen atoms in total. The Morgan fingerprint density at radius 2 is 2.44 bits per heavy atom. The van der Waals surface area contributed by atoms with Crippen molar-refractivity contribution in [1.82, 2.24) is 0 Å². The predicted octanol–water partition coefficient (Wildman–Crippen LogP) is 0.480. The van der Waals surface area contributed by atoms with Crippen LogP contribution in [-0.4, -0.2) is 30.2 Å². The van der Waals surface area contributed by atoms with Gasteiger partial charge in [-0.05, 0) is 0 Å². The molecule has 0 aliphatic rings. The molecule has 0 aliphatic heterocycles. The Morgan fingerprint density at radius 3 is 2.89 bits per heavy atom. The molecule has 0 amide bonds. The summed E-state index contributed by atoms with van der Waals surface area (Å²) in [6.45, 7) is 4.53. The number of rotatable bonds is 5. The molecule has 0 rings (SSSR count). The highest BCUT2D eigenvalue weighted by Crippen LogP contribution is 1.92. The van der Waals surface area contributed by atoms with Crippen molar-refractivity contribution in [3.05, 3.63) is 12.7 Å². The quantitative estimate of drug-likeness (QED) is 0.337. The van der Waals surface area contributed by atoms with Gasteiger partial charge in [-0.2, -0.15) is 12.6 Å². The molecule has 9 heavy (non-hydrogen) atoms. The molecule has 0 saturated heterocycles. The fourth-order valence-electron chi connectivity index (χ4n) is 0.340. The second-order valence-electron chi connectivity index (χ2n) is 1.66. The van der Waals surface area contributed by atoms with Crippen molar-refractivity contribution in [2.45, 2.75) is 5.25 Å². The van der Waals surface area contributed by atoms with Gasteiger partial charge in [0.15, 0.2) is 0 Å². The van der Waals surface area contributed by atoms with E-state index in [-0.39, 0.29) is 11.9 Å². The molecular formula is C6H12O2S. The first-order valence-corrected chi connectivity index (χ1v) is 3.30. The Morgan fingerprint density at radius 1 is 1.78 bits per heavy atom. The van der Waals surface area contributed by atoms with Crippen molar-refractivity contribution < 1.29 is 9.84 Å². The average molecular weight is 148 g/mol. The molecule has 1 N–H and O–H groups in total. The maximum atomic E-state index is 8.45. The molecule has 0 aromatic carbocycles. The van der Waals surface area contributed by atoms with Crippen LogP contribution in [0.15, 0.2) is 12.7 Å². The minimum Gasteiger partial charge on any atom is -0.395 e. The summed E-state index contributed by atoms with van der Waals surface area (Å²) in [7, 11) is 0. The highest BCUT2D eigenvalue weighted by Gasteiger charge is 1.97. The molecule has 0 fully saturated rings. The maximum Gasteiger partial charge on any atom is 0.0645 e. The lowest BCUT2D eigenvalue weighted by Gasteiger charge is -2.04. The zero-order chi connectivity index (χ0) is 7.11. The number of thiol groups is 1. The average Bonchev–Trinajstić information content (AvgIpc) is 1.89. The van der Waals surface area contributed by atoms with Crippen LogP contribution < -0.4 is 0 Å². The van der Waals surface area contributed by atoms with E-state index in [0.717, 1.165) is 0 Å². The van der Waals surface area contributed by atoms with Crippen LogP contribution >= 0.6 is 12.6 Å². The van der Waals surface area contributed by atoms with Crippen LogP contribution in [0.2, 0.25) is 0 Å². The van der Waals surface area contributed by atoms with Crippen LogP contribution in [0, 0.1) is 0 Å². The van der Waals surface area contributed by atoms with E-state index in [0.29, 0.717) is 13.2 Å². The van der Waals surface area contributed by atoms with Gasteiger partial charge in [-0.15, -0.1) is 6.58 Å². The van der Waals surface area contributed by atoms with Crippen molar-refractivity contribution in [2.24, 2.45) is 0 Å². The lowest BCUT2D eigenvalue weighted by Crippen LogP contribution is -2.13. The number of aliphatic hydroxyl groups is 1. The van der Waals surface area contributed by atoms with E-state index in [1.54, 1.807) is 6.08 Å². The molecule has 0 saturated carbocycles. The second-order valence-corrected chi connectivity index (χ2v) is 2.39. The zero-order valence-electron chi connectivity index (χ0n) is 5.29. The number of hydrogen-bond donors (Lipinski definition) is 2. The Labute approximate surface area is 60.9 Å². The van der Waals surface area contributed by atoms with Crippen LogP contribution in [0.5, 0.6) is 0 Å². The summed E-state index contributed by atoms with van der Waals surface area (Å²) in [5, 5.41) is 8.39. The summed E-state index contributed by atoms with van der Waals surface area (Å²) >= 11 is 3.99. The van der Waals surface area contributed by atoms with E-state index in [1.807, 2.05) is 0 Å². The van der Waals surface area contributed by atoms with Gasteiger partial charge in [0.1, 0.15) is 0 Å². The fraction of sp³-hybridized carbons (Fsp3) is 0.667. The molecule has 0 aliphatic carbocycles. The second kappa shape index (κ2) is 6.13. The lowest BCUT2D eigenvalue weighted by atomic mass is 10.5.